The summed E-state index contributed by atoms with van der Waals surface area (Å²) in [6.45, 7) is 3.44. The maximum absolute atomic E-state index is 14.0. The normalized spacial score (nSPS) is 23.7. The fourth-order valence-corrected chi connectivity index (χ4v) is 4.30. The Labute approximate surface area is 177 Å². The molecule has 2 aliphatic heterocycles. The molecule has 6 nitrogen and oxygen atoms in total. The number of hydrogen-bond acceptors (Lipinski definition) is 6. The quantitative estimate of drug-likeness (QED) is 0.695. The Hall–Kier alpha value is -2.62. The molecule has 0 amide bonds. The third-order valence-corrected chi connectivity index (χ3v) is 5.85. The molecule has 0 bridgehead atoms. The standard InChI is InChI=1S/C21H25F4N5O/c1-11-19-15(4-6-27-11)28-20(26)21(29-19)30-7-5-16(12(10-30)8-18(24)25)31-17-3-2-13(22)9-14(17)23/h2-3,9,11-12,16,18,27H,4-8,10H2,1H3,(H2,26,28). The van der Waals surface area contributed by atoms with E-state index in [1.807, 2.05) is 11.8 Å². The minimum absolute atomic E-state index is 0.0229. The van der Waals surface area contributed by atoms with E-state index in [2.05, 4.69) is 10.3 Å². The van der Waals surface area contributed by atoms with E-state index in [1.54, 1.807) is 0 Å². The second kappa shape index (κ2) is 8.86. The third-order valence-electron chi connectivity index (χ3n) is 5.85. The summed E-state index contributed by atoms with van der Waals surface area (Å²) >= 11 is 0. The van der Waals surface area contributed by atoms with Gasteiger partial charge in [0.25, 0.3) is 0 Å². The molecule has 3 N–H and O–H groups in total. The summed E-state index contributed by atoms with van der Waals surface area (Å²) in [4.78, 5) is 11.1. The van der Waals surface area contributed by atoms with Crippen LogP contribution in [0.5, 0.6) is 5.75 Å². The summed E-state index contributed by atoms with van der Waals surface area (Å²) in [6.07, 6.45) is -2.52. The number of piperidine rings is 1. The maximum atomic E-state index is 14.0. The number of nitrogens with zero attached hydrogens (tertiary/aromatic N) is 3. The monoisotopic (exact) mass is 439 g/mol. The van der Waals surface area contributed by atoms with Gasteiger partial charge >= 0.3 is 0 Å². The first-order chi connectivity index (χ1) is 14.8. The molecule has 31 heavy (non-hydrogen) atoms. The van der Waals surface area contributed by atoms with E-state index >= 15 is 0 Å². The van der Waals surface area contributed by atoms with Crippen molar-refractivity contribution in [3.05, 3.63) is 41.2 Å². The fraction of sp³-hybridized carbons (Fsp3) is 0.524. The van der Waals surface area contributed by atoms with Crippen molar-refractivity contribution in [1.82, 2.24) is 15.3 Å². The largest absolute Gasteiger partial charge is 0.487 e. The molecule has 3 atom stereocenters. The van der Waals surface area contributed by atoms with E-state index in [0.717, 1.165) is 30.4 Å². The lowest BCUT2D eigenvalue weighted by atomic mass is 9.91. The summed E-state index contributed by atoms with van der Waals surface area (Å²) in [7, 11) is 0. The van der Waals surface area contributed by atoms with Crippen LogP contribution in [0.2, 0.25) is 0 Å². The first kappa shape index (κ1) is 21.6. The molecule has 3 unspecified atom stereocenters. The second-order valence-electron chi connectivity index (χ2n) is 8.04. The minimum atomic E-state index is -2.55. The van der Waals surface area contributed by atoms with Crippen LogP contribution in [0, 0.1) is 17.6 Å². The van der Waals surface area contributed by atoms with Crippen molar-refractivity contribution in [2.45, 2.75) is 44.8 Å². The minimum Gasteiger partial charge on any atom is -0.487 e. The molecule has 3 heterocycles. The van der Waals surface area contributed by atoms with E-state index in [1.165, 1.54) is 6.07 Å². The lowest BCUT2D eigenvalue weighted by molar-refractivity contribution is 0.0482. The van der Waals surface area contributed by atoms with Gasteiger partial charge in [-0.3, -0.25) is 0 Å². The molecule has 0 spiro atoms. The van der Waals surface area contributed by atoms with Crippen molar-refractivity contribution in [2.75, 3.05) is 30.3 Å². The summed E-state index contributed by atoms with van der Waals surface area (Å²) < 4.78 is 59.5. The zero-order valence-corrected chi connectivity index (χ0v) is 17.1. The number of rotatable bonds is 5. The molecule has 10 heteroatoms. The first-order valence-electron chi connectivity index (χ1n) is 10.4. The highest BCUT2D eigenvalue weighted by Crippen LogP contribution is 2.33. The number of nitrogens with two attached hydrogens (primary N) is 1. The number of alkyl halides is 2. The fourth-order valence-electron chi connectivity index (χ4n) is 4.30. The highest BCUT2D eigenvalue weighted by Gasteiger charge is 2.35. The summed E-state index contributed by atoms with van der Waals surface area (Å²) in [6, 6.07) is 2.99. The number of aromatic nitrogens is 2. The van der Waals surface area contributed by atoms with Crippen molar-refractivity contribution in [3.63, 3.8) is 0 Å². The zero-order valence-electron chi connectivity index (χ0n) is 17.1. The van der Waals surface area contributed by atoms with Crippen LogP contribution in [0.3, 0.4) is 0 Å². The Morgan fingerprint density at radius 1 is 1.29 bits per heavy atom. The van der Waals surface area contributed by atoms with Gasteiger partial charge in [0.2, 0.25) is 6.43 Å². The lowest BCUT2D eigenvalue weighted by Crippen LogP contribution is -2.47. The molecule has 0 saturated carbocycles. The Morgan fingerprint density at radius 2 is 2.10 bits per heavy atom. The Balaban J connectivity index is 1.56. The number of benzene rings is 1. The van der Waals surface area contributed by atoms with Crippen LogP contribution < -0.4 is 20.7 Å². The Morgan fingerprint density at radius 3 is 2.84 bits per heavy atom. The number of hydrogen-bond donors (Lipinski definition) is 2. The maximum Gasteiger partial charge on any atom is 0.239 e. The molecule has 1 aromatic heterocycles. The third kappa shape index (κ3) is 4.68. The van der Waals surface area contributed by atoms with Crippen LogP contribution in [0.25, 0.3) is 0 Å². The van der Waals surface area contributed by atoms with Gasteiger partial charge in [0, 0.05) is 56.9 Å². The predicted octanol–water partition coefficient (Wildman–Crippen LogP) is 3.47. The molecule has 2 aromatic rings. The van der Waals surface area contributed by atoms with Gasteiger partial charge in [0.05, 0.1) is 11.4 Å². The molecule has 168 valence electrons. The number of nitrogen functional groups attached to an aromatic ring is 1. The van der Waals surface area contributed by atoms with Crippen molar-refractivity contribution < 1.29 is 22.3 Å². The average Bonchev–Trinajstić information content (AvgIpc) is 2.70. The summed E-state index contributed by atoms with van der Waals surface area (Å²) in [5, 5.41) is 3.32. The molecule has 1 aromatic carbocycles. The van der Waals surface area contributed by atoms with Crippen LogP contribution >= 0.6 is 0 Å². The van der Waals surface area contributed by atoms with Crippen LogP contribution in [-0.2, 0) is 6.42 Å². The Kier molecular flexibility index (Phi) is 6.17. The number of halogens is 4. The van der Waals surface area contributed by atoms with Gasteiger partial charge in [-0.1, -0.05) is 0 Å². The lowest BCUT2D eigenvalue weighted by Gasteiger charge is -2.39. The van der Waals surface area contributed by atoms with Crippen molar-refractivity contribution in [2.24, 2.45) is 5.92 Å². The number of fused-ring (bicyclic) bond motifs is 1. The highest BCUT2D eigenvalue weighted by atomic mass is 19.3. The van der Waals surface area contributed by atoms with Gasteiger partial charge in [-0.15, -0.1) is 0 Å². The number of ether oxygens (including phenoxy) is 1. The van der Waals surface area contributed by atoms with Gasteiger partial charge in [-0.25, -0.2) is 27.5 Å². The Bertz CT molecular complexity index is 944. The van der Waals surface area contributed by atoms with Crippen molar-refractivity contribution >= 4 is 11.6 Å². The van der Waals surface area contributed by atoms with Gasteiger partial charge in [-0.2, -0.15) is 0 Å². The topological polar surface area (TPSA) is 76.3 Å². The molecule has 1 fully saturated rings. The van der Waals surface area contributed by atoms with Gasteiger partial charge in [0.1, 0.15) is 11.9 Å². The number of anilines is 2. The van der Waals surface area contributed by atoms with Gasteiger partial charge in [0.15, 0.2) is 23.2 Å². The molecule has 2 aliphatic rings. The summed E-state index contributed by atoms with van der Waals surface area (Å²) in [5.74, 6) is -1.58. The highest BCUT2D eigenvalue weighted by molar-refractivity contribution is 5.59. The van der Waals surface area contributed by atoms with E-state index in [9.17, 15) is 17.6 Å². The number of nitrogens with one attached hydrogen (secondary N) is 1. The zero-order chi connectivity index (χ0) is 22.1. The van der Waals surface area contributed by atoms with Crippen molar-refractivity contribution in [1.29, 1.82) is 0 Å². The molecule has 0 aliphatic carbocycles. The van der Waals surface area contributed by atoms with Gasteiger partial charge < -0.3 is 20.7 Å². The van der Waals surface area contributed by atoms with Crippen LogP contribution in [0.4, 0.5) is 29.2 Å². The van der Waals surface area contributed by atoms with E-state index in [-0.39, 0.29) is 24.2 Å². The van der Waals surface area contributed by atoms with Gasteiger partial charge in [-0.05, 0) is 19.1 Å². The van der Waals surface area contributed by atoms with E-state index in [4.69, 9.17) is 15.5 Å². The SMILES string of the molecule is CC1NCCc2nc(N)c(N3CCC(Oc4ccc(F)cc4F)C(CC(F)F)C3)nc21. The van der Waals surface area contributed by atoms with E-state index in [0.29, 0.717) is 24.8 Å². The molecule has 4 rings (SSSR count). The first-order valence-corrected chi connectivity index (χ1v) is 10.4. The average molecular weight is 439 g/mol. The molecule has 0 radical (unpaired) electrons. The molecular weight excluding hydrogens is 414 g/mol. The molecule has 1 saturated heterocycles. The smallest absolute Gasteiger partial charge is 0.239 e. The van der Waals surface area contributed by atoms with E-state index < -0.39 is 36.5 Å². The van der Waals surface area contributed by atoms with Crippen LogP contribution in [0.15, 0.2) is 18.2 Å². The summed E-state index contributed by atoms with van der Waals surface area (Å²) in [5.41, 5.74) is 7.82. The second-order valence-corrected chi connectivity index (χ2v) is 8.04. The molecular formula is C21H25F4N5O. The predicted molar refractivity (Wildman–Crippen MR) is 108 cm³/mol. The van der Waals surface area contributed by atoms with Crippen LogP contribution in [-0.4, -0.2) is 42.1 Å². The van der Waals surface area contributed by atoms with Crippen LogP contribution in [0.1, 0.15) is 37.2 Å². The van der Waals surface area contributed by atoms with Crippen molar-refractivity contribution in [3.8, 4) is 5.75 Å².